The van der Waals surface area contributed by atoms with E-state index in [1.165, 1.54) is 4.90 Å². The Labute approximate surface area is 89.3 Å². The van der Waals surface area contributed by atoms with Crippen LogP contribution in [0.4, 0.5) is 0 Å². The Balaban J connectivity index is 2.15. The first-order valence-electron chi connectivity index (χ1n) is 4.82. The van der Waals surface area contributed by atoms with Gasteiger partial charge in [0.05, 0.1) is 0 Å². The van der Waals surface area contributed by atoms with Crippen LogP contribution >= 0.6 is 11.8 Å². The van der Waals surface area contributed by atoms with E-state index in [4.69, 9.17) is 9.84 Å². The summed E-state index contributed by atoms with van der Waals surface area (Å²) in [5.74, 6) is 1.38. The van der Waals surface area contributed by atoms with Crippen molar-refractivity contribution < 1.29 is 9.84 Å². The largest absolute Gasteiger partial charge is 0.508 e. The van der Waals surface area contributed by atoms with Gasteiger partial charge in [0, 0.05) is 23.9 Å². The molecule has 1 rings (SSSR count). The quantitative estimate of drug-likeness (QED) is 0.581. The molecule has 0 aliphatic rings. The monoisotopic (exact) mass is 212 g/mol. The lowest BCUT2D eigenvalue weighted by Gasteiger charge is -2.02. The minimum Gasteiger partial charge on any atom is -0.508 e. The Kier molecular flexibility index (Phi) is 5.49. The number of thioether (sulfide) groups is 1. The first kappa shape index (κ1) is 11.4. The van der Waals surface area contributed by atoms with E-state index in [9.17, 15) is 0 Å². The van der Waals surface area contributed by atoms with Crippen LogP contribution < -0.4 is 0 Å². The van der Waals surface area contributed by atoms with Crippen LogP contribution in [0.15, 0.2) is 29.2 Å². The fourth-order valence-corrected chi connectivity index (χ4v) is 1.86. The molecular formula is C11H16O2S. The average molecular weight is 212 g/mol. The van der Waals surface area contributed by atoms with Crippen LogP contribution in [0.1, 0.15) is 13.3 Å². The van der Waals surface area contributed by atoms with Gasteiger partial charge in [-0.25, -0.2) is 0 Å². The molecule has 14 heavy (non-hydrogen) atoms. The average Bonchev–Trinajstić information content (AvgIpc) is 2.21. The van der Waals surface area contributed by atoms with Crippen molar-refractivity contribution in [1.29, 1.82) is 0 Å². The Morgan fingerprint density at radius 1 is 1.29 bits per heavy atom. The minimum absolute atomic E-state index is 0.323. The summed E-state index contributed by atoms with van der Waals surface area (Å²) in [6, 6.07) is 7.29. The molecule has 0 aliphatic carbocycles. The smallest absolute Gasteiger partial charge is 0.115 e. The molecule has 1 aromatic rings. The van der Waals surface area contributed by atoms with Crippen molar-refractivity contribution >= 4 is 11.8 Å². The highest BCUT2D eigenvalue weighted by Gasteiger charge is 1.94. The summed E-state index contributed by atoms with van der Waals surface area (Å²) in [6.07, 6.45) is 1.07. The van der Waals surface area contributed by atoms with Gasteiger partial charge in [-0.1, -0.05) is 0 Å². The van der Waals surface area contributed by atoms with E-state index < -0.39 is 0 Å². The number of phenolic OH excluding ortho intramolecular Hbond substituents is 1. The molecule has 0 spiro atoms. The first-order valence-corrected chi connectivity index (χ1v) is 5.81. The van der Waals surface area contributed by atoms with Crippen molar-refractivity contribution in [2.45, 2.75) is 18.2 Å². The number of hydrogen-bond acceptors (Lipinski definition) is 3. The zero-order chi connectivity index (χ0) is 10.2. The predicted molar refractivity (Wildman–Crippen MR) is 59.9 cm³/mol. The summed E-state index contributed by atoms with van der Waals surface area (Å²) in [6.45, 7) is 3.64. The minimum atomic E-state index is 0.323. The highest BCUT2D eigenvalue weighted by Crippen LogP contribution is 2.21. The molecule has 0 amide bonds. The van der Waals surface area contributed by atoms with Crippen LogP contribution in [0.25, 0.3) is 0 Å². The van der Waals surface area contributed by atoms with Crippen molar-refractivity contribution in [3.8, 4) is 5.75 Å². The maximum Gasteiger partial charge on any atom is 0.115 e. The zero-order valence-electron chi connectivity index (χ0n) is 8.40. The van der Waals surface area contributed by atoms with Crippen molar-refractivity contribution in [2.75, 3.05) is 19.0 Å². The van der Waals surface area contributed by atoms with Gasteiger partial charge >= 0.3 is 0 Å². The summed E-state index contributed by atoms with van der Waals surface area (Å²) in [5, 5.41) is 9.07. The van der Waals surface area contributed by atoms with E-state index in [1.807, 2.05) is 19.1 Å². The van der Waals surface area contributed by atoms with Crippen LogP contribution in [-0.2, 0) is 4.74 Å². The number of aromatic hydroxyl groups is 1. The van der Waals surface area contributed by atoms with Gasteiger partial charge in [-0.3, -0.25) is 0 Å². The number of rotatable bonds is 6. The molecule has 0 bridgehead atoms. The molecule has 0 fully saturated rings. The van der Waals surface area contributed by atoms with Crippen LogP contribution in [0.3, 0.4) is 0 Å². The SMILES string of the molecule is CCOCCCSc1ccc(O)cc1. The van der Waals surface area contributed by atoms with Gasteiger partial charge in [0.1, 0.15) is 5.75 Å². The second kappa shape index (κ2) is 6.74. The second-order valence-corrected chi connectivity index (χ2v) is 4.06. The molecule has 78 valence electrons. The third kappa shape index (κ3) is 4.53. The van der Waals surface area contributed by atoms with E-state index in [1.54, 1.807) is 23.9 Å². The van der Waals surface area contributed by atoms with Gasteiger partial charge in [0.2, 0.25) is 0 Å². The van der Waals surface area contributed by atoms with E-state index in [2.05, 4.69) is 0 Å². The lowest BCUT2D eigenvalue weighted by atomic mass is 10.3. The molecule has 0 radical (unpaired) electrons. The van der Waals surface area contributed by atoms with E-state index in [0.717, 1.165) is 25.4 Å². The van der Waals surface area contributed by atoms with Crippen LogP contribution in [0.5, 0.6) is 5.75 Å². The van der Waals surface area contributed by atoms with Crippen molar-refractivity contribution in [3.63, 3.8) is 0 Å². The van der Waals surface area contributed by atoms with Gasteiger partial charge in [0.25, 0.3) is 0 Å². The summed E-state index contributed by atoms with van der Waals surface area (Å²) >= 11 is 1.79. The number of benzene rings is 1. The molecule has 0 atom stereocenters. The zero-order valence-corrected chi connectivity index (χ0v) is 9.22. The molecule has 3 heteroatoms. The lowest BCUT2D eigenvalue weighted by Crippen LogP contribution is -1.94. The van der Waals surface area contributed by atoms with E-state index in [0.29, 0.717) is 5.75 Å². The molecule has 0 unspecified atom stereocenters. The number of hydrogen-bond donors (Lipinski definition) is 1. The van der Waals surface area contributed by atoms with Crippen molar-refractivity contribution in [3.05, 3.63) is 24.3 Å². The molecule has 0 heterocycles. The molecule has 0 saturated heterocycles. The van der Waals surface area contributed by atoms with Gasteiger partial charge in [-0.15, -0.1) is 11.8 Å². The van der Waals surface area contributed by atoms with E-state index in [-0.39, 0.29) is 0 Å². The van der Waals surface area contributed by atoms with Gasteiger partial charge in [0.15, 0.2) is 0 Å². The molecule has 0 aromatic heterocycles. The fourth-order valence-electron chi connectivity index (χ4n) is 1.04. The standard InChI is InChI=1S/C11H16O2S/c1-2-13-8-3-9-14-11-6-4-10(12)5-7-11/h4-7,12H,2-3,8-9H2,1H3. The topological polar surface area (TPSA) is 29.5 Å². The molecule has 0 saturated carbocycles. The third-order valence-electron chi connectivity index (χ3n) is 1.74. The van der Waals surface area contributed by atoms with Crippen molar-refractivity contribution in [2.24, 2.45) is 0 Å². The molecular weight excluding hydrogens is 196 g/mol. The molecule has 0 aliphatic heterocycles. The summed E-state index contributed by atoms with van der Waals surface area (Å²) < 4.78 is 5.24. The second-order valence-electron chi connectivity index (χ2n) is 2.89. The van der Waals surface area contributed by atoms with Crippen LogP contribution in [0, 0.1) is 0 Å². The normalized spacial score (nSPS) is 10.4. The molecule has 2 nitrogen and oxygen atoms in total. The number of phenols is 1. The number of ether oxygens (including phenoxy) is 1. The first-order chi connectivity index (χ1) is 6.83. The Bertz CT molecular complexity index is 246. The van der Waals surface area contributed by atoms with Gasteiger partial charge in [-0.05, 0) is 37.6 Å². The van der Waals surface area contributed by atoms with Gasteiger partial charge in [-0.2, -0.15) is 0 Å². The van der Waals surface area contributed by atoms with Gasteiger partial charge < -0.3 is 9.84 Å². The highest BCUT2D eigenvalue weighted by molar-refractivity contribution is 7.99. The molecule has 1 aromatic carbocycles. The summed E-state index contributed by atoms with van der Waals surface area (Å²) in [5.41, 5.74) is 0. The maximum absolute atomic E-state index is 9.07. The predicted octanol–water partition coefficient (Wildman–Crippen LogP) is 2.91. The Morgan fingerprint density at radius 3 is 2.64 bits per heavy atom. The summed E-state index contributed by atoms with van der Waals surface area (Å²) in [7, 11) is 0. The van der Waals surface area contributed by atoms with Crippen LogP contribution in [0.2, 0.25) is 0 Å². The fraction of sp³-hybridized carbons (Fsp3) is 0.455. The van der Waals surface area contributed by atoms with Crippen molar-refractivity contribution in [1.82, 2.24) is 0 Å². The van der Waals surface area contributed by atoms with Crippen LogP contribution in [-0.4, -0.2) is 24.1 Å². The Morgan fingerprint density at radius 2 is 2.00 bits per heavy atom. The summed E-state index contributed by atoms with van der Waals surface area (Å²) in [4.78, 5) is 1.19. The Hall–Kier alpha value is -0.670. The maximum atomic E-state index is 9.07. The molecule has 1 N–H and O–H groups in total. The highest BCUT2D eigenvalue weighted by atomic mass is 32.2. The third-order valence-corrected chi connectivity index (χ3v) is 2.84. The lowest BCUT2D eigenvalue weighted by molar-refractivity contribution is 0.149. The van der Waals surface area contributed by atoms with E-state index >= 15 is 0 Å².